The number of aliphatic hydroxyl groups is 3. The molecule has 1 unspecified atom stereocenters. The van der Waals surface area contributed by atoms with Gasteiger partial charge < -0.3 is 15.3 Å². The predicted octanol–water partition coefficient (Wildman–Crippen LogP) is 4.76. The summed E-state index contributed by atoms with van der Waals surface area (Å²) in [6, 6.07) is 0. The van der Waals surface area contributed by atoms with Crippen molar-refractivity contribution < 1.29 is 28.5 Å². The SMILES string of the molecule is C=C1C(=CC=C2CCC[C@]3(C)[C@@H]([C@H](C)CN4CCC(O)(C(F)(F)F)C4)CC[C@@H]23)C[C@@H](O)C[C@@H]1O. The lowest BCUT2D eigenvalue weighted by atomic mass is 9.61. The van der Waals surface area contributed by atoms with Crippen LogP contribution in [-0.2, 0) is 0 Å². The predicted molar refractivity (Wildman–Crippen MR) is 126 cm³/mol. The zero-order valence-electron chi connectivity index (χ0n) is 20.4. The van der Waals surface area contributed by atoms with Gasteiger partial charge in [0.15, 0.2) is 5.60 Å². The van der Waals surface area contributed by atoms with Crippen LogP contribution in [0.5, 0.6) is 0 Å². The number of alkyl halides is 3. The maximum absolute atomic E-state index is 13.2. The highest BCUT2D eigenvalue weighted by Gasteiger charge is 2.57. The lowest BCUT2D eigenvalue weighted by molar-refractivity contribution is -0.254. The fourth-order valence-corrected chi connectivity index (χ4v) is 7.47. The fraction of sp³-hybridized carbons (Fsp3) is 0.778. The van der Waals surface area contributed by atoms with E-state index in [0.717, 1.165) is 37.7 Å². The van der Waals surface area contributed by atoms with E-state index in [2.05, 4.69) is 26.5 Å². The van der Waals surface area contributed by atoms with E-state index in [-0.39, 0.29) is 30.8 Å². The summed E-state index contributed by atoms with van der Waals surface area (Å²) in [4.78, 5) is 1.80. The van der Waals surface area contributed by atoms with Crippen LogP contribution in [0.4, 0.5) is 13.2 Å². The zero-order valence-corrected chi connectivity index (χ0v) is 20.4. The van der Waals surface area contributed by atoms with Crippen molar-refractivity contribution in [3.63, 3.8) is 0 Å². The Labute approximate surface area is 201 Å². The molecule has 3 saturated carbocycles. The van der Waals surface area contributed by atoms with Crippen molar-refractivity contribution in [2.24, 2.45) is 23.2 Å². The Morgan fingerprint density at radius 2 is 1.94 bits per heavy atom. The first kappa shape index (κ1) is 25.9. The van der Waals surface area contributed by atoms with Gasteiger partial charge >= 0.3 is 6.18 Å². The second-order valence-electron chi connectivity index (χ2n) is 11.7. The van der Waals surface area contributed by atoms with Gasteiger partial charge in [0.25, 0.3) is 0 Å². The Hall–Kier alpha value is -1.15. The molecule has 0 amide bonds. The first-order chi connectivity index (χ1) is 15.8. The monoisotopic (exact) mass is 483 g/mol. The number of hydrogen-bond donors (Lipinski definition) is 3. The molecule has 1 saturated heterocycles. The topological polar surface area (TPSA) is 63.9 Å². The Morgan fingerprint density at radius 3 is 2.62 bits per heavy atom. The molecule has 3 aliphatic carbocycles. The molecule has 3 N–H and O–H groups in total. The van der Waals surface area contributed by atoms with E-state index in [1.54, 1.807) is 4.90 Å². The molecule has 1 aliphatic heterocycles. The lowest BCUT2D eigenvalue weighted by Crippen LogP contribution is -2.48. The lowest BCUT2D eigenvalue weighted by Gasteiger charge is -2.45. The molecule has 4 nitrogen and oxygen atoms in total. The van der Waals surface area contributed by atoms with Gasteiger partial charge in [-0.15, -0.1) is 0 Å². The molecule has 7 heteroatoms. The van der Waals surface area contributed by atoms with Crippen LogP contribution in [0.25, 0.3) is 0 Å². The van der Waals surface area contributed by atoms with Crippen LogP contribution in [0.1, 0.15) is 65.2 Å². The summed E-state index contributed by atoms with van der Waals surface area (Å²) in [7, 11) is 0. The molecule has 192 valence electrons. The number of hydrogen-bond acceptors (Lipinski definition) is 4. The summed E-state index contributed by atoms with van der Waals surface area (Å²) in [5.41, 5.74) is 0.562. The van der Waals surface area contributed by atoms with Crippen LogP contribution in [0.3, 0.4) is 0 Å². The van der Waals surface area contributed by atoms with Gasteiger partial charge in [0.1, 0.15) is 0 Å². The highest BCUT2D eigenvalue weighted by molar-refractivity contribution is 5.38. The number of halogens is 3. The van der Waals surface area contributed by atoms with Gasteiger partial charge in [0, 0.05) is 26.1 Å². The van der Waals surface area contributed by atoms with Crippen LogP contribution in [-0.4, -0.2) is 63.8 Å². The highest BCUT2D eigenvalue weighted by Crippen LogP contribution is 2.59. The van der Waals surface area contributed by atoms with Crippen molar-refractivity contribution in [1.82, 2.24) is 4.90 Å². The summed E-state index contributed by atoms with van der Waals surface area (Å²) < 4.78 is 39.7. The number of β-amino-alcohol motifs (C(OH)–C–C–N with tert-alkyl or cyclic N) is 1. The Kier molecular flexibility index (Phi) is 7.15. The van der Waals surface area contributed by atoms with Crippen LogP contribution in [0.15, 0.2) is 35.5 Å². The summed E-state index contributed by atoms with van der Waals surface area (Å²) in [5, 5.41) is 30.2. The van der Waals surface area contributed by atoms with Gasteiger partial charge in [-0.2, -0.15) is 13.2 Å². The minimum absolute atomic E-state index is 0.116. The summed E-state index contributed by atoms with van der Waals surface area (Å²) in [5.74, 6) is 1.14. The molecule has 0 radical (unpaired) electrons. The van der Waals surface area contributed by atoms with Gasteiger partial charge in [0.2, 0.25) is 0 Å². The Morgan fingerprint density at radius 1 is 1.21 bits per heavy atom. The van der Waals surface area contributed by atoms with Crippen LogP contribution in [0, 0.1) is 23.2 Å². The molecule has 7 atom stereocenters. The summed E-state index contributed by atoms with van der Waals surface area (Å²) >= 11 is 0. The number of fused-ring (bicyclic) bond motifs is 1. The zero-order chi connectivity index (χ0) is 24.9. The third kappa shape index (κ3) is 4.78. The van der Waals surface area contributed by atoms with Gasteiger partial charge in [0.05, 0.1) is 12.2 Å². The van der Waals surface area contributed by atoms with Crippen molar-refractivity contribution >= 4 is 0 Å². The van der Waals surface area contributed by atoms with Gasteiger partial charge in [-0.3, -0.25) is 4.90 Å². The van der Waals surface area contributed by atoms with E-state index in [1.165, 1.54) is 5.57 Å². The van der Waals surface area contributed by atoms with Gasteiger partial charge in [-0.1, -0.05) is 38.2 Å². The van der Waals surface area contributed by atoms with Crippen molar-refractivity contribution in [3.8, 4) is 0 Å². The maximum Gasteiger partial charge on any atom is 0.418 e. The molecule has 34 heavy (non-hydrogen) atoms. The third-order valence-electron chi connectivity index (χ3n) is 9.39. The van der Waals surface area contributed by atoms with Crippen LogP contribution >= 0.6 is 0 Å². The van der Waals surface area contributed by atoms with Crippen molar-refractivity contribution in [2.45, 2.75) is 89.2 Å². The van der Waals surface area contributed by atoms with E-state index in [9.17, 15) is 28.5 Å². The molecule has 0 aromatic rings. The molecule has 4 rings (SSSR count). The quantitative estimate of drug-likeness (QED) is 0.539. The molecule has 0 aromatic carbocycles. The van der Waals surface area contributed by atoms with Gasteiger partial charge in [-0.05, 0) is 79.3 Å². The number of likely N-dealkylation sites (tertiary alicyclic amines) is 1. The molecular weight excluding hydrogens is 443 g/mol. The number of nitrogens with zero attached hydrogens (tertiary/aromatic N) is 1. The molecule has 0 bridgehead atoms. The molecule has 0 spiro atoms. The standard InChI is InChI=1S/C27H40F3NO3/c1-17(15-31-12-11-26(34,16-31)27(28,29)30)22-8-9-23-19(5-4-10-25(22,23)3)6-7-20-13-21(32)14-24(33)18(20)2/h6-7,17,21-24,32-34H,2,4-5,8-16H2,1,3H3/t17-,21-,22-,23+,24+,25-,26?/m1/s1. The highest BCUT2D eigenvalue weighted by atomic mass is 19.4. The number of rotatable bonds is 4. The fourth-order valence-electron chi connectivity index (χ4n) is 7.47. The summed E-state index contributed by atoms with van der Waals surface area (Å²) in [6.07, 6.45) is 4.41. The van der Waals surface area contributed by atoms with Gasteiger partial charge in [-0.25, -0.2) is 0 Å². The van der Waals surface area contributed by atoms with E-state index in [4.69, 9.17) is 0 Å². The van der Waals surface area contributed by atoms with E-state index in [1.807, 2.05) is 6.08 Å². The van der Waals surface area contributed by atoms with Crippen LogP contribution < -0.4 is 0 Å². The summed E-state index contributed by atoms with van der Waals surface area (Å²) in [6.45, 7) is 9.08. The molecule has 1 heterocycles. The first-order valence-electron chi connectivity index (χ1n) is 12.8. The average molecular weight is 484 g/mol. The van der Waals surface area contributed by atoms with E-state index in [0.29, 0.717) is 36.8 Å². The Bertz CT molecular complexity index is 853. The van der Waals surface area contributed by atoms with Crippen LogP contribution in [0.2, 0.25) is 0 Å². The minimum atomic E-state index is -4.58. The van der Waals surface area contributed by atoms with E-state index >= 15 is 0 Å². The van der Waals surface area contributed by atoms with Crippen molar-refractivity contribution in [3.05, 3.63) is 35.5 Å². The Balaban J connectivity index is 1.45. The molecule has 4 aliphatic rings. The minimum Gasteiger partial charge on any atom is -0.393 e. The van der Waals surface area contributed by atoms with E-state index < -0.39 is 24.0 Å². The number of aliphatic hydroxyl groups excluding tert-OH is 2. The molecular formula is C27H40F3NO3. The molecule has 4 fully saturated rings. The average Bonchev–Trinajstić information content (AvgIpc) is 3.30. The largest absolute Gasteiger partial charge is 0.418 e. The number of allylic oxidation sites excluding steroid dienone is 3. The van der Waals surface area contributed by atoms with Crippen molar-refractivity contribution in [1.29, 1.82) is 0 Å². The smallest absolute Gasteiger partial charge is 0.393 e. The second-order valence-corrected chi connectivity index (χ2v) is 11.7. The third-order valence-corrected chi connectivity index (χ3v) is 9.39. The maximum atomic E-state index is 13.2. The van der Waals surface area contributed by atoms with Crippen molar-refractivity contribution in [2.75, 3.05) is 19.6 Å². The normalized spacial score (nSPS) is 43.0. The molecule has 0 aromatic heterocycles. The first-order valence-corrected chi connectivity index (χ1v) is 12.8. The second kappa shape index (κ2) is 9.38.